The van der Waals surface area contributed by atoms with Crippen LogP contribution in [-0.4, -0.2) is 66.0 Å². The van der Waals surface area contributed by atoms with Crippen molar-refractivity contribution in [1.29, 1.82) is 0 Å². The average molecular weight is 521 g/mol. The Morgan fingerprint density at radius 3 is 2.79 bits per heavy atom. The third-order valence-electron chi connectivity index (χ3n) is 5.73. The van der Waals surface area contributed by atoms with E-state index in [4.69, 9.17) is 14.1 Å². The number of rotatable bonds is 7. The molecule has 1 fully saturated rings. The van der Waals surface area contributed by atoms with Gasteiger partial charge in [-0.2, -0.15) is 0 Å². The minimum atomic E-state index is -0.536. The maximum atomic E-state index is 13.5. The van der Waals surface area contributed by atoms with Crippen LogP contribution in [0.25, 0.3) is 21.3 Å². The van der Waals surface area contributed by atoms with Crippen LogP contribution in [0.1, 0.15) is 0 Å². The Bertz CT molecular complexity index is 1350. The number of para-hydroxylation sites is 2. The number of thioether (sulfide) groups is 1. The number of hydrogen-bond acceptors (Lipinski definition) is 8. The predicted octanol–water partition coefficient (Wildman–Crippen LogP) is 3.71. The summed E-state index contributed by atoms with van der Waals surface area (Å²) in [5.74, 6) is -0.729. The fraction of sp³-hybridized carbons (Fsp3) is 0.348. The summed E-state index contributed by atoms with van der Waals surface area (Å²) in [5, 5.41) is 0.641. The lowest BCUT2D eigenvalue weighted by Crippen LogP contribution is -2.44. The molecule has 2 aromatic carbocycles. The molecule has 11 heteroatoms. The minimum Gasteiger partial charge on any atom is -0.408 e. The molecule has 0 aliphatic carbocycles. The van der Waals surface area contributed by atoms with Crippen molar-refractivity contribution < 1.29 is 13.9 Å². The minimum absolute atomic E-state index is 0. The molecule has 1 saturated heterocycles. The number of amides is 1. The van der Waals surface area contributed by atoms with Gasteiger partial charge in [0.25, 0.3) is 0 Å². The fourth-order valence-electron chi connectivity index (χ4n) is 3.91. The normalized spacial score (nSPS) is 14.4. The van der Waals surface area contributed by atoms with Crippen LogP contribution >= 0.6 is 35.5 Å². The zero-order valence-electron chi connectivity index (χ0n) is 18.6. The van der Waals surface area contributed by atoms with E-state index >= 15 is 0 Å². The summed E-state index contributed by atoms with van der Waals surface area (Å²) >= 11 is 3.17. The van der Waals surface area contributed by atoms with Gasteiger partial charge >= 0.3 is 5.76 Å². The van der Waals surface area contributed by atoms with Crippen LogP contribution in [0, 0.1) is 0 Å². The molecule has 5 rings (SSSR count). The standard InChI is InChI=1S/C23H24N4O4S2.ClH/c1-32-16-6-7-17-20(14-16)33-22(24-17)26(9-8-25-10-12-30-13-11-25)21(28)15-27-18-4-2-3-5-19(18)31-23(27)29;/h2-7,14H,8-13,15H2,1H3;1H. The number of fused-ring (bicyclic) bond motifs is 2. The van der Waals surface area contributed by atoms with E-state index in [-0.39, 0.29) is 24.9 Å². The van der Waals surface area contributed by atoms with Gasteiger partial charge in [0.15, 0.2) is 10.7 Å². The Balaban J connectivity index is 0.00000274. The summed E-state index contributed by atoms with van der Waals surface area (Å²) < 4.78 is 13.2. The van der Waals surface area contributed by atoms with E-state index in [1.165, 1.54) is 15.9 Å². The van der Waals surface area contributed by atoms with Crippen LogP contribution in [0.5, 0.6) is 0 Å². The largest absolute Gasteiger partial charge is 0.420 e. The number of thiazole rings is 1. The van der Waals surface area contributed by atoms with Crippen molar-refractivity contribution in [3.8, 4) is 0 Å². The summed E-state index contributed by atoms with van der Waals surface area (Å²) in [6, 6.07) is 13.3. The van der Waals surface area contributed by atoms with E-state index in [0.29, 0.717) is 42.5 Å². The lowest BCUT2D eigenvalue weighted by Gasteiger charge is -2.29. The highest BCUT2D eigenvalue weighted by Crippen LogP contribution is 2.32. The van der Waals surface area contributed by atoms with Gasteiger partial charge in [0, 0.05) is 31.1 Å². The van der Waals surface area contributed by atoms with Gasteiger partial charge in [0.05, 0.1) is 28.9 Å². The Morgan fingerprint density at radius 2 is 2.00 bits per heavy atom. The second-order valence-electron chi connectivity index (χ2n) is 7.75. The van der Waals surface area contributed by atoms with Crippen LogP contribution < -0.4 is 10.7 Å². The van der Waals surface area contributed by atoms with Crippen LogP contribution in [0.4, 0.5) is 5.13 Å². The first kappa shape index (κ1) is 24.7. The van der Waals surface area contributed by atoms with Crippen molar-refractivity contribution in [3.05, 3.63) is 53.0 Å². The molecule has 2 aromatic heterocycles. The summed E-state index contributed by atoms with van der Waals surface area (Å²) in [4.78, 5) is 35.8. The molecular weight excluding hydrogens is 496 g/mol. The SMILES string of the molecule is CSc1ccc2nc(N(CCN3CCOCC3)C(=O)Cn3c(=O)oc4ccccc43)sc2c1.Cl. The van der Waals surface area contributed by atoms with E-state index in [2.05, 4.69) is 11.0 Å². The molecule has 1 amide bonds. The quantitative estimate of drug-likeness (QED) is 0.343. The Kier molecular flexibility index (Phi) is 7.95. The molecule has 1 aliphatic rings. The molecule has 8 nitrogen and oxygen atoms in total. The molecule has 1 aliphatic heterocycles. The van der Waals surface area contributed by atoms with Crippen molar-refractivity contribution >= 4 is 67.9 Å². The number of hydrogen-bond donors (Lipinski definition) is 0. The third kappa shape index (κ3) is 5.16. The van der Waals surface area contributed by atoms with Gasteiger partial charge in [-0.25, -0.2) is 9.78 Å². The predicted molar refractivity (Wildman–Crippen MR) is 139 cm³/mol. The summed E-state index contributed by atoms with van der Waals surface area (Å²) in [7, 11) is 0. The lowest BCUT2D eigenvalue weighted by atomic mass is 10.3. The van der Waals surface area contributed by atoms with Crippen LogP contribution in [-0.2, 0) is 16.1 Å². The molecule has 0 N–H and O–H groups in total. The van der Waals surface area contributed by atoms with E-state index < -0.39 is 5.76 Å². The molecule has 180 valence electrons. The maximum absolute atomic E-state index is 13.5. The molecule has 4 aromatic rings. The molecule has 0 saturated carbocycles. The molecule has 0 atom stereocenters. The summed E-state index contributed by atoms with van der Waals surface area (Å²) in [6.45, 7) is 4.16. The number of ether oxygens (including phenoxy) is 1. The highest BCUT2D eigenvalue weighted by Gasteiger charge is 2.23. The number of aromatic nitrogens is 2. The van der Waals surface area contributed by atoms with Crippen molar-refractivity contribution in [2.45, 2.75) is 11.4 Å². The van der Waals surface area contributed by atoms with Crippen molar-refractivity contribution in [2.24, 2.45) is 0 Å². The van der Waals surface area contributed by atoms with Gasteiger partial charge in [0.2, 0.25) is 5.91 Å². The number of nitrogens with zero attached hydrogens (tertiary/aromatic N) is 4. The number of carbonyl (C=O) groups is 1. The van der Waals surface area contributed by atoms with Crippen molar-refractivity contribution in [2.75, 3.05) is 50.5 Å². The highest BCUT2D eigenvalue weighted by molar-refractivity contribution is 7.98. The number of benzene rings is 2. The monoisotopic (exact) mass is 520 g/mol. The molecule has 3 heterocycles. The molecule has 0 spiro atoms. The van der Waals surface area contributed by atoms with Crippen LogP contribution in [0.15, 0.2) is 56.6 Å². The van der Waals surface area contributed by atoms with E-state index in [0.717, 1.165) is 28.2 Å². The molecule has 0 bridgehead atoms. The Labute approximate surface area is 210 Å². The zero-order chi connectivity index (χ0) is 22.8. The first-order chi connectivity index (χ1) is 16.1. The molecule has 0 radical (unpaired) electrons. The average Bonchev–Trinajstić information content (AvgIpc) is 3.40. The zero-order valence-corrected chi connectivity index (χ0v) is 21.1. The van der Waals surface area contributed by atoms with Crippen molar-refractivity contribution in [3.63, 3.8) is 0 Å². The lowest BCUT2D eigenvalue weighted by molar-refractivity contribution is -0.119. The first-order valence-corrected chi connectivity index (χ1v) is 12.8. The van der Waals surface area contributed by atoms with Crippen LogP contribution in [0.3, 0.4) is 0 Å². The highest BCUT2D eigenvalue weighted by atomic mass is 35.5. The smallest absolute Gasteiger partial charge is 0.408 e. The number of morpholine rings is 1. The number of carbonyl (C=O) groups excluding carboxylic acids is 1. The number of oxazole rings is 1. The molecule has 34 heavy (non-hydrogen) atoms. The fourth-order valence-corrected chi connectivity index (χ4v) is 5.48. The first-order valence-electron chi connectivity index (χ1n) is 10.8. The Morgan fingerprint density at radius 1 is 1.21 bits per heavy atom. The number of anilines is 1. The van der Waals surface area contributed by atoms with Gasteiger partial charge < -0.3 is 9.15 Å². The second kappa shape index (κ2) is 10.9. The van der Waals surface area contributed by atoms with E-state index in [9.17, 15) is 9.59 Å². The molecular formula is C23H25ClN4O4S2. The van der Waals surface area contributed by atoms with Crippen LogP contribution in [0.2, 0.25) is 0 Å². The van der Waals surface area contributed by atoms with Gasteiger partial charge in [-0.3, -0.25) is 19.2 Å². The third-order valence-corrected chi connectivity index (χ3v) is 7.49. The number of halogens is 1. The van der Waals surface area contributed by atoms with Gasteiger partial charge in [-0.05, 0) is 36.6 Å². The summed E-state index contributed by atoms with van der Waals surface area (Å²) in [5.41, 5.74) is 1.94. The van der Waals surface area contributed by atoms with Crippen molar-refractivity contribution in [1.82, 2.24) is 14.5 Å². The topological polar surface area (TPSA) is 80.8 Å². The Hall–Kier alpha value is -2.37. The van der Waals surface area contributed by atoms with Gasteiger partial charge in [0.1, 0.15) is 6.54 Å². The van der Waals surface area contributed by atoms with E-state index in [1.54, 1.807) is 34.9 Å². The molecule has 0 unspecified atom stereocenters. The van der Waals surface area contributed by atoms with Gasteiger partial charge in [-0.15, -0.1) is 24.2 Å². The summed E-state index contributed by atoms with van der Waals surface area (Å²) in [6.07, 6.45) is 2.04. The van der Waals surface area contributed by atoms with E-state index in [1.807, 2.05) is 24.5 Å². The maximum Gasteiger partial charge on any atom is 0.420 e. The second-order valence-corrected chi connectivity index (χ2v) is 9.64. The van der Waals surface area contributed by atoms with Gasteiger partial charge in [-0.1, -0.05) is 23.5 Å².